The van der Waals surface area contributed by atoms with Gasteiger partial charge in [-0.15, -0.1) is 0 Å². The molecule has 1 heterocycles. The van der Waals surface area contributed by atoms with Crippen molar-refractivity contribution in [3.8, 4) is 0 Å². The Kier molecular flexibility index (Phi) is 7.56. The molecule has 3 rings (SSSR count). The van der Waals surface area contributed by atoms with Crippen molar-refractivity contribution < 1.29 is 0 Å². The van der Waals surface area contributed by atoms with E-state index in [0.717, 1.165) is 42.0 Å². The van der Waals surface area contributed by atoms with Crippen molar-refractivity contribution in [2.75, 3.05) is 37.8 Å². The number of aryl methyl sites for hydroxylation is 2. The monoisotopic (exact) mass is 417 g/mol. The number of aliphatic imine (C=N–C) groups is 1. The third kappa shape index (κ3) is 6.26. The fourth-order valence-electron chi connectivity index (χ4n) is 3.18. The van der Waals surface area contributed by atoms with Gasteiger partial charge in [0.1, 0.15) is 11.7 Å². The van der Waals surface area contributed by atoms with Gasteiger partial charge in [-0.05, 0) is 64.2 Å². The Morgan fingerprint density at radius 3 is 2.42 bits per heavy atom. The van der Waals surface area contributed by atoms with Crippen molar-refractivity contribution in [1.29, 1.82) is 0 Å². The van der Waals surface area contributed by atoms with Crippen LogP contribution in [0, 0.1) is 13.8 Å². The topological polar surface area (TPSA) is 91.5 Å². The molecule has 0 fully saturated rings. The van der Waals surface area contributed by atoms with Gasteiger partial charge in [-0.3, -0.25) is 0 Å². The molecule has 7 nitrogen and oxygen atoms in total. The Labute approximate surface area is 184 Å². The molecule has 4 N–H and O–H groups in total. The highest BCUT2D eigenvalue weighted by Crippen LogP contribution is 2.25. The first-order valence-electron chi connectivity index (χ1n) is 10.4. The molecule has 0 bridgehead atoms. The van der Waals surface area contributed by atoms with Crippen molar-refractivity contribution >= 4 is 29.0 Å². The lowest BCUT2D eigenvalue weighted by atomic mass is 10.1. The maximum Gasteiger partial charge on any atom is 0.229 e. The molecule has 2 aromatic carbocycles. The van der Waals surface area contributed by atoms with E-state index in [4.69, 9.17) is 10.7 Å². The van der Waals surface area contributed by atoms with Gasteiger partial charge in [-0.1, -0.05) is 36.4 Å². The van der Waals surface area contributed by atoms with Crippen LogP contribution >= 0.6 is 0 Å². The summed E-state index contributed by atoms with van der Waals surface area (Å²) in [7, 11) is 4.13. The van der Waals surface area contributed by atoms with Crippen molar-refractivity contribution in [3.63, 3.8) is 0 Å². The summed E-state index contributed by atoms with van der Waals surface area (Å²) in [5.74, 6) is 1.56. The van der Waals surface area contributed by atoms with Gasteiger partial charge in [0.2, 0.25) is 5.95 Å². The van der Waals surface area contributed by atoms with Crippen LogP contribution in [0.3, 0.4) is 0 Å². The van der Waals surface area contributed by atoms with Crippen LogP contribution in [0.5, 0.6) is 0 Å². The minimum Gasteiger partial charge on any atom is -0.383 e. The molecule has 7 heteroatoms. The van der Waals surface area contributed by atoms with E-state index < -0.39 is 0 Å². The highest BCUT2D eigenvalue weighted by Gasteiger charge is 2.12. The largest absolute Gasteiger partial charge is 0.383 e. The zero-order valence-corrected chi connectivity index (χ0v) is 18.7. The summed E-state index contributed by atoms with van der Waals surface area (Å²) in [6.07, 6.45) is 2.70. The summed E-state index contributed by atoms with van der Waals surface area (Å²) in [4.78, 5) is 16.0. The average molecular weight is 418 g/mol. The summed E-state index contributed by atoms with van der Waals surface area (Å²) < 4.78 is 0. The molecule has 0 aliphatic carbocycles. The number of para-hydroxylation sites is 2. The first-order valence-corrected chi connectivity index (χ1v) is 10.4. The highest BCUT2D eigenvalue weighted by molar-refractivity contribution is 6.03. The number of aromatic nitrogens is 2. The van der Waals surface area contributed by atoms with Gasteiger partial charge in [0.15, 0.2) is 0 Å². The van der Waals surface area contributed by atoms with Crippen LogP contribution in [-0.2, 0) is 0 Å². The predicted octanol–water partition coefficient (Wildman–Crippen LogP) is 4.24. The molecule has 0 amide bonds. The number of benzene rings is 2. The molecule has 1 aromatic heterocycles. The van der Waals surface area contributed by atoms with Crippen LogP contribution in [0.15, 0.2) is 59.7 Å². The Balaban J connectivity index is 1.90. The molecule has 0 spiro atoms. The zero-order valence-electron chi connectivity index (χ0n) is 18.7. The maximum atomic E-state index is 6.42. The minimum absolute atomic E-state index is 0.388. The molecule has 162 valence electrons. The summed E-state index contributed by atoms with van der Waals surface area (Å²) in [6.45, 7) is 5.81. The molecular formula is C24H31N7. The molecule has 0 radical (unpaired) electrons. The van der Waals surface area contributed by atoms with E-state index in [9.17, 15) is 0 Å². The zero-order chi connectivity index (χ0) is 22.2. The van der Waals surface area contributed by atoms with Gasteiger partial charge in [0, 0.05) is 18.4 Å². The molecule has 0 saturated carbocycles. The Morgan fingerprint density at radius 2 is 1.74 bits per heavy atom. The van der Waals surface area contributed by atoms with Crippen LogP contribution in [0.2, 0.25) is 0 Å². The predicted molar refractivity (Wildman–Crippen MR) is 130 cm³/mol. The molecule has 0 saturated heterocycles. The van der Waals surface area contributed by atoms with Crippen LogP contribution in [0.1, 0.15) is 23.1 Å². The fourth-order valence-corrected chi connectivity index (χ4v) is 3.18. The van der Waals surface area contributed by atoms with Gasteiger partial charge < -0.3 is 21.3 Å². The van der Waals surface area contributed by atoms with Crippen molar-refractivity contribution in [2.45, 2.75) is 20.3 Å². The first-order chi connectivity index (χ1) is 14.9. The molecule has 3 aromatic rings. The van der Waals surface area contributed by atoms with Crippen molar-refractivity contribution in [2.24, 2.45) is 10.7 Å². The van der Waals surface area contributed by atoms with Crippen molar-refractivity contribution in [1.82, 2.24) is 14.9 Å². The van der Waals surface area contributed by atoms with Gasteiger partial charge in [0.25, 0.3) is 0 Å². The van der Waals surface area contributed by atoms with Crippen LogP contribution in [0.4, 0.5) is 23.1 Å². The van der Waals surface area contributed by atoms with E-state index in [1.54, 1.807) is 6.20 Å². The molecular weight excluding hydrogens is 386 g/mol. The van der Waals surface area contributed by atoms with Crippen molar-refractivity contribution in [3.05, 3.63) is 71.4 Å². The summed E-state index contributed by atoms with van der Waals surface area (Å²) in [6, 6.07) is 15.9. The standard InChI is InChI=1S/C24H31N7/c1-17-10-8-11-18(2)21(17)29-22(25)20-16-27-24(28-19-12-6-5-7-13-19)30-23(20)26-14-9-15-31(3)4/h5-8,10-13,16H,9,14-15H2,1-4H3,(H2,25,29)(H2,26,27,28,30). The smallest absolute Gasteiger partial charge is 0.229 e. The second kappa shape index (κ2) is 10.5. The van der Waals surface area contributed by atoms with Gasteiger partial charge in [-0.25, -0.2) is 9.98 Å². The van der Waals surface area contributed by atoms with E-state index in [1.807, 2.05) is 62.4 Å². The van der Waals surface area contributed by atoms with Gasteiger partial charge >= 0.3 is 0 Å². The lowest BCUT2D eigenvalue weighted by Crippen LogP contribution is -2.20. The average Bonchev–Trinajstić information content (AvgIpc) is 2.74. The first kappa shape index (κ1) is 22.2. The Bertz CT molecular complexity index is 1010. The Hall–Kier alpha value is -3.45. The molecule has 31 heavy (non-hydrogen) atoms. The van der Waals surface area contributed by atoms with E-state index in [-0.39, 0.29) is 0 Å². The summed E-state index contributed by atoms with van der Waals surface area (Å²) >= 11 is 0. The number of hydrogen-bond donors (Lipinski definition) is 3. The lowest BCUT2D eigenvalue weighted by molar-refractivity contribution is 0.405. The summed E-state index contributed by atoms with van der Waals surface area (Å²) in [5, 5.41) is 6.65. The third-order valence-electron chi connectivity index (χ3n) is 4.84. The number of nitrogens with two attached hydrogens (primary N) is 1. The van der Waals surface area contributed by atoms with E-state index in [1.165, 1.54) is 0 Å². The quantitative estimate of drug-likeness (QED) is 0.274. The van der Waals surface area contributed by atoms with E-state index in [2.05, 4.69) is 39.6 Å². The Morgan fingerprint density at radius 1 is 1.03 bits per heavy atom. The van der Waals surface area contributed by atoms with Crippen LogP contribution < -0.4 is 16.4 Å². The number of anilines is 3. The van der Waals surface area contributed by atoms with Gasteiger partial charge in [-0.2, -0.15) is 4.98 Å². The molecule has 0 atom stereocenters. The third-order valence-corrected chi connectivity index (χ3v) is 4.84. The molecule has 0 aliphatic heterocycles. The van der Waals surface area contributed by atoms with E-state index in [0.29, 0.717) is 23.2 Å². The fraction of sp³-hybridized carbons (Fsp3) is 0.292. The number of rotatable bonds is 9. The number of amidine groups is 1. The highest BCUT2D eigenvalue weighted by atomic mass is 15.1. The second-order valence-electron chi connectivity index (χ2n) is 7.77. The number of hydrogen-bond acceptors (Lipinski definition) is 6. The van der Waals surface area contributed by atoms with Crippen LogP contribution in [0.25, 0.3) is 0 Å². The molecule has 0 unspecified atom stereocenters. The van der Waals surface area contributed by atoms with E-state index >= 15 is 0 Å². The summed E-state index contributed by atoms with van der Waals surface area (Å²) in [5.41, 5.74) is 11.1. The second-order valence-corrected chi connectivity index (χ2v) is 7.77. The minimum atomic E-state index is 0.388. The maximum absolute atomic E-state index is 6.42. The van der Waals surface area contributed by atoms with Crippen LogP contribution in [-0.4, -0.2) is 47.9 Å². The van der Waals surface area contributed by atoms with Gasteiger partial charge in [0.05, 0.1) is 11.3 Å². The lowest BCUT2D eigenvalue weighted by Gasteiger charge is -2.14. The number of nitrogens with zero attached hydrogens (tertiary/aromatic N) is 4. The molecule has 0 aliphatic rings. The SMILES string of the molecule is Cc1cccc(C)c1N=C(N)c1cnc(Nc2ccccc2)nc1NCCCN(C)C. The number of nitrogens with one attached hydrogen (secondary N) is 2. The normalized spacial score (nSPS) is 11.6.